The lowest BCUT2D eigenvalue weighted by molar-refractivity contribution is -0.172. The molecule has 0 aliphatic carbocycles. The van der Waals surface area contributed by atoms with Gasteiger partial charge in [0.25, 0.3) is 5.91 Å². The maximum Gasteiger partial charge on any atom is 0.410 e. The number of anilines is 1. The molecule has 1 unspecified atom stereocenters. The predicted octanol–water partition coefficient (Wildman–Crippen LogP) is 5.33. The number of hydrogen-bond acceptors (Lipinski definition) is 4. The summed E-state index contributed by atoms with van der Waals surface area (Å²) in [4.78, 5) is 14.7. The Bertz CT molecular complexity index is 1030. The quantitative estimate of drug-likeness (QED) is 0.549. The first-order valence-electron chi connectivity index (χ1n) is 8.71. The number of benzene rings is 1. The molecule has 152 valence electrons. The Labute approximate surface area is 173 Å². The van der Waals surface area contributed by atoms with Gasteiger partial charge in [-0.2, -0.15) is 18.3 Å². The Kier molecular flexibility index (Phi) is 5.26. The fraction of sp³-hybridized carbons (Fsp3) is 0.263. The van der Waals surface area contributed by atoms with Crippen LogP contribution in [0, 0.1) is 0 Å². The number of halogens is 4. The van der Waals surface area contributed by atoms with Crippen LogP contribution in [0.2, 0.25) is 5.02 Å². The Morgan fingerprint density at radius 2 is 2.14 bits per heavy atom. The zero-order chi connectivity index (χ0) is 20.6. The highest BCUT2D eigenvalue weighted by molar-refractivity contribution is 7.12. The van der Waals surface area contributed by atoms with Gasteiger partial charge in [-0.25, -0.2) is 4.68 Å². The van der Waals surface area contributed by atoms with Crippen LogP contribution in [-0.4, -0.2) is 28.4 Å². The van der Waals surface area contributed by atoms with E-state index >= 15 is 0 Å². The molecular weight excluding hydrogens is 427 g/mol. The van der Waals surface area contributed by atoms with Crippen molar-refractivity contribution in [3.63, 3.8) is 0 Å². The summed E-state index contributed by atoms with van der Waals surface area (Å²) in [5.41, 5.74) is 0.789. The summed E-state index contributed by atoms with van der Waals surface area (Å²) < 4.78 is 46.2. The average Bonchev–Trinajstić information content (AvgIpc) is 3.34. The first kappa shape index (κ1) is 19.8. The molecule has 0 bridgehead atoms. The van der Waals surface area contributed by atoms with E-state index in [-0.39, 0.29) is 31.3 Å². The number of ether oxygens (including phenoxy) is 1. The summed E-state index contributed by atoms with van der Waals surface area (Å²) in [5.74, 6) is 0.398. The molecule has 0 fully saturated rings. The second-order valence-corrected chi connectivity index (χ2v) is 7.85. The zero-order valence-electron chi connectivity index (χ0n) is 14.9. The highest BCUT2D eigenvalue weighted by Crippen LogP contribution is 2.39. The minimum atomic E-state index is -4.41. The molecule has 3 aromatic rings. The molecule has 5 nitrogen and oxygen atoms in total. The number of carbonyl (C=O) groups excluding carboxylic acids is 1. The topological polar surface area (TPSA) is 47.4 Å². The highest BCUT2D eigenvalue weighted by atomic mass is 35.5. The van der Waals surface area contributed by atoms with Crippen molar-refractivity contribution in [2.75, 3.05) is 11.4 Å². The molecule has 0 spiro atoms. The maximum atomic E-state index is 13.2. The van der Waals surface area contributed by atoms with Crippen LogP contribution in [0.4, 0.5) is 19.0 Å². The molecule has 2 aromatic heterocycles. The summed E-state index contributed by atoms with van der Waals surface area (Å²) in [6.07, 6.45) is -3.37. The Morgan fingerprint density at radius 3 is 2.90 bits per heavy atom. The monoisotopic (exact) mass is 441 g/mol. The van der Waals surface area contributed by atoms with E-state index in [0.29, 0.717) is 15.6 Å². The fourth-order valence-corrected chi connectivity index (χ4v) is 4.20. The first-order valence-corrected chi connectivity index (χ1v) is 9.96. The number of carbonyl (C=O) groups is 1. The van der Waals surface area contributed by atoms with E-state index in [2.05, 4.69) is 5.10 Å². The number of amides is 1. The van der Waals surface area contributed by atoms with Crippen LogP contribution >= 0.6 is 22.9 Å². The van der Waals surface area contributed by atoms with E-state index < -0.39 is 12.2 Å². The van der Waals surface area contributed by atoms with Crippen molar-refractivity contribution in [1.29, 1.82) is 0 Å². The van der Waals surface area contributed by atoms with Crippen LogP contribution in [-0.2, 0) is 6.61 Å². The SMILES string of the molecule is O=C(c1cc(COc2cccc(Cl)c2)cs1)N1CCC(C(F)(F)F)n2nccc21. The van der Waals surface area contributed by atoms with Gasteiger partial charge in [0.2, 0.25) is 0 Å². The van der Waals surface area contributed by atoms with Gasteiger partial charge in [-0.15, -0.1) is 11.3 Å². The fourth-order valence-electron chi connectivity index (χ4n) is 3.18. The highest BCUT2D eigenvalue weighted by Gasteiger charge is 2.45. The molecule has 1 aliphatic rings. The van der Waals surface area contributed by atoms with Crippen LogP contribution in [0.5, 0.6) is 5.75 Å². The smallest absolute Gasteiger partial charge is 0.410 e. The summed E-state index contributed by atoms with van der Waals surface area (Å²) >= 11 is 7.15. The predicted molar refractivity (Wildman–Crippen MR) is 104 cm³/mol. The number of aromatic nitrogens is 2. The van der Waals surface area contributed by atoms with Crippen LogP contribution in [0.15, 0.2) is 48.0 Å². The summed E-state index contributed by atoms with van der Waals surface area (Å²) in [6.45, 7) is 0.221. The van der Waals surface area contributed by atoms with E-state index in [0.717, 1.165) is 10.2 Å². The zero-order valence-corrected chi connectivity index (χ0v) is 16.5. The molecular formula is C19H15ClF3N3O2S. The third kappa shape index (κ3) is 4.11. The first-order chi connectivity index (χ1) is 13.8. The number of alkyl halides is 3. The molecule has 0 radical (unpaired) electrons. The van der Waals surface area contributed by atoms with Gasteiger partial charge < -0.3 is 4.74 Å². The van der Waals surface area contributed by atoms with Crippen molar-refractivity contribution < 1.29 is 22.7 Å². The van der Waals surface area contributed by atoms with Gasteiger partial charge in [-0.05, 0) is 36.1 Å². The van der Waals surface area contributed by atoms with Crippen molar-refractivity contribution in [3.8, 4) is 5.75 Å². The molecule has 1 aromatic carbocycles. The number of hydrogen-bond donors (Lipinski definition) is 0. The van der Waals surface area contributed by atoms with Crippen molar-refractivity contribution in [3.05, 3.63) is 63.4 Å². The van der Waals surface area contributed by atoms with Gasteiger partial charge in [0.05, 0.1) is 11.1 Å². The molecule has 0 saturated heterocycles. The molecule has 1 atom stereocenters. The molecule has 0 saturated carbocycles. The standard InChI is InChI=1S/C19H15ClF3N3O2S/c20-13-2-1-3-14(9-13)28-10-12-8-15(29-11-12)18(27)25-7-5-16(19(21,22)23)26-17(25)4-6-24-26/h1-4,6,8-9,11,16H,5,7,10H2. The second kappa shape index (κ2) is 7.72. The van der Waals surface area contributed by atoms with Crippen molar-refractivity contribution >= 4 is 34.7 Å². The number of rotatable bonds is 4. The Morgan fingerprint density at radius 1 is 1.31 bits per heavy atom. The number of nitrogens with zero attached hydrogens (tertiary/aromatic N) is 3. The molecule has 0 N–H and O–H groups in total. The lowest BCUT2D eigenvalue weighted by atomic mass is 10.1. The largest absolute Gasteiger partial charge is 0.489 e. The molecule has 4 rings (SSSR count). The summed E-state index contributed by atoms with van der Waals surface area (Å²) in [5, 5.41) is 6.13. The van der Waals surface area contributed by atoms with Gasteiger partial charge in [0.15, 0.2) is 6.04 Å². The minimum absolute atomic E-state index is 0.0268. The van der Waals surface area contributed by atoms with Crippen molar-refractivity contribution in [2.45, 2.75) is 25.2 Å². The third-order valence-corrected chi connectivity index (χ3v) is 5.74. The van der Waals surface area contributed by atoms with E-state index in [1.54, 1.807) is 35.7 Å². The molecule has 10 heteroatoms. The van der Waals surface area contributed by atoms with Crippen LogP contribution < -0.4 is 9.64 Å². The van der Waals surface area contributed by atoms with Crippen LogP contribution in [0.1, 0.15) is 27.7 Å². The molecule has 29 heavy (non-hydrogen) atoms. The summed E-state index contributed by atoms with van der Waals surface area (Å²) in [6, 6.07) is 8.36. The maximum absolute atomic E-state index is 13.2. The van der Waals surface area contributed by atoms with Crippen LogP contribution in [0.3, 0.4) is 0 Å². The van der Waals surface area contributed by atoms with Gasteiger partial charge >= 0.3 is 6.18 Å². The van der Waals surface area contributed by atoms with Crippen molar-refractivity contribution in [2.24, 2.45) is 0 Å². The lowest BCUT2D eigenvalue weighted by Gasteiger charge is -2.33. The van der Waals surface area contributed by atoms with Gasteiger partial charge in [-0.1, -0.05) is 17.7 Å². The summed E-state index contributed by atoms with van der Waals surface area (Å²) in [7, 11) is 0. The van der Waals surface area contributed by atoms with Crippen LogP contribution in [0.25, 0.3) is 0 Å². The molecule has 1 amide bonds. The number of thiophene rings is 1. The van der Waals surface area contributed by atoms with Gasteiger partial charge in [-0.3, -0.25) is 9.69 Å². The van der Waals surface area contributed by atoms with E-state index in [1.807, 2.05) is 0 Å². The van der Waals surface area contributed by atoms with E-state index in [1.165, 1.54) is 28.5 Å². The normalized spacial score (nSPS) is 16.6. The Balaban J connectivity index is 1.48. The molecule has 1 aliphatic heterocycles. The third-order valence-electron chi connectivity index (χ3n) is 4.54. The average molecular weight is 442 g/mol. The van der Waals surface area contributed by atoms with Gasteiger partial charge in [0, 0.05) is 23.2 Å². The Hall–Kier alpha value is -2.52. The van der Waals surface area contributed by atoms with E-state index in [9.17, 15) is 18.0 Å². The minimum Gasteiger partial charge on any atom is -0.489 e. The second-order valence-electron chi connectivity index (χ2n) is 6.50. The van der Waals surface area contributed by atoms with Gasteiger partial charge in [0.1, 0.15) is 18.2 Å². The van der Waals surface area contributed by atoms with Crippen molar-refractivity contribution in [1.82, 2.24) is 9.78 Å². The molecule has 3 heterocycles. The number of fused-ring (bicyclic) bond motifs is 1. The van der Waals surface area contributed by atoms with E-state index in [4.69, 9.17) is 16.3 Å². The lowest BCUT2D eigenvalue weighted by Crippen LogP contribution is -2.42.